The van der Waals surface area contributed by atoms with Crippen molar-refractivity contribution in [2.24, 2.45) is 5.73 Å². The van der Waals surface area contributed by atoms with Gasteiger partial charge in [-0.15, -0.1) is 0 Å². The van der Waals surface area contributed by atoms with Crippen LogP contribution in [-0.4, -0.2) is 15.5 Å². The molecule has 0 bridgehead atoms. The van der Waals surface area contributed by atoms with Crippen LogP contribution in [0, 0.1) is 0 Å². The van der Waals surface area contributed by atoms with Crippen LogP contribution in [-0.2, 0) is 10.8 Å². The second-order valence-electron chi connectivity index (χ2n) is 4.10. The van der Waals surface area contributed by atoms with Gasteiger partial charge in [0.15, 0.2) is 0 Å². The molecule has 3 unspecified atom stereocenters. The lowest BCUT2D eigenvalue weighted by atomic mass is 9.96. The Hall–Kier alpha value is -0.670. The van der Waals surface area contributed by atoms with Crippen LogP contribution in [0.15, 0.2) is 35.2 Å². The van der Waals surface area contributed by atoms with Crippen molar-refractivity contribution in [2.45, 2.75) is 41.9 Å². The first-order valence-corrected chi connectivity index (χ1v) is 6.71. The summed E-state index contributed by atoms with van der Waals surface area (Å²) in [5.74, 6) is 0. The molecule has 0 amide bonds. The van der Waals surface area contributed by atoms with Gasteiger partial charge in [0.25, 0.3) is 0 Å². The van der Waals surface area contributed by atoms with E-state index in [1.165, 1.54) is 6.42 Å². The Kier molecular flexibility index (Phi) is 3.54. The fourth-order valence-electron chi connectivity index (χ4n) is 2.12. The lowest BCUT2D eigenvalue weighted by Gasteiger charge is -2.27. The number of benzene rings is 1. The molecule has 1 saturated carbocycles. The van der Waals surface area contributed by atoms with Crippen molar-refractivity contribution >= 4 is 10.8 Å². The highest BCUT2D eigenvalue weighted by atomic mass is 32.2. The minimum atomic E-state index is -0.925. The summed E-state index contributed by atoms with van der Waals surface area (Å²) in [6.45, 7) is 0. The second-order valence-corrected chi connectivity index (χ2v) is 5.77. The Morgan fingerprint density at radius 1 is 1.13 bits per heavy atom. The first-order valence-electron chi connectivity index (χ1n) is 5.50. The van der Waals surface area contributed by atoms with Crippen LogP contribution in [0.1, 0.15) is 25.7 Å². The van der Waals surface area contributed by atoms with E-state index < -0.39 is 10.8 Å². The molecule has 1 fully saturated rings. The van der Waals surface area contributed by atoms with E-state index in [9.17, 15) is 4.21 Å². The van der Waals surface area contributed by atoms with Gasteiger partial charge in [-0.1, -0.05) is 31.0 Å². The van der Waals surface area contributed by atoms with Crippen LogP contribution >= 0.6 is 0 Å². The Balaban J connectivity index is 2.13. The first kappa shape index (κ1) is 10.8. The van der Waals surface area contributed by atoms with Crippen LogP contribution in [0.25, 0.3) is 0 Å². The topological polar surface area (TPSA) is 43.1 Å². The summed E-state index contributed by atoms with van der Waals surface area (Å²) in [7, 11) is -0.925. The van der Waals surface area contributed by atoms with Crippen LogP contribution in [0.5, 0.6) is 0 Å². The molecule has 0 heterocycles. The standard InChI is InChI=1S/C12H17NOS/c13-11-8-4-5-9-12(11)15(14)10-6-2-1-3-7-10/h1-3,6-7,11-12H,4-5,8-9,13H2. The molecular formula is C12H17NOS. The predicted molar refractivity (Wildman–Crippen MR) is 63.1 cm³/mol. The molecule has 3 heteroatoms. The number of hydrogen-bond donors (Lipinski definition) is 1. The molecule has 2 nitrogen and oxygen atoms in total. The van der Waals surface area contributed by atoms with Crippen LogP contribution < -0.4 is 5.73 Å². The van der Waals surface area contributed by atoms with E-state index in [-0.39, 0.29) is 11.3 Å². The minimum absolute atomic E-state index is 0.111. The molecule has 1 aliphatic carbocycles. The van der Waals surface area contributed by atoms with Gasteiger partial charge in [0, 0.05) is 10.9 Å². The highest BCUT2D eigenvalue weighted by Crippen LogP contribution is 2.24. The molecular weight excluding hydrogens is 206 g/mol. The fraction of sp³-hybridized carbons (Fsp3) is 0.500. The number of nitrogens with two attached hydrogens (primary N) is 1. The molecule has 82 valence electrons. The van der Waals surface area contributed by atoms with Gasteiger partial charge in [0.1, 0.15) is 0 Å². The average molecular weight is 223 g/mol. The minimum Gasteiger partial charge on any atom is -0.327 e. The van der Waals surface area contributed by atoms with Crippen LogP contribution in [0.3, 0.4) is 0 Å². The third-order valence-electron chi connectivity index (χ3n) is 3.00. The second kappa shape index (κ2) is 4.90. The average Bonchev–Trinajstić information content (AvgIpc) is 2.30. The van der Waals surface area contributed by atoms with Gasteiger partial charge >= 0.3 is 0 Å². The van der Waals surface area contributed by atoms with E-state index in [2.05, 4.69) is 0 Å². The van der Waals surface area contributed by atoms with Crippen molar-refractivity contribution in [1.82, 2.24) is 0 Å². The largest absolute Gasteiger partial charge is 0.327 e. The van der Waals surface area contributed by atoms with E-state index >= 15 is 0 Å². The van der Waals surface area contributed by atoms with Crippen molar-refractivity contribution in [1.29, 1.82) is 0 Å². The zero-order valence-electron chi connectivity index (χ0n) is 8.76. The normalized spacial score (nSPS) is 28.6. The van der Waals surface area contributed by atoms with Gasteiger partial charge in [-0.3, -0.25) is 4.21 Å². The molecule has 1 aromatic rings. The van der Waals surface area contributed by atoms with Crippen molar-refractivity contribution in [3.8, 4) is 0 Å². The lowest BCUT2D eigenvalue weighted by Crippen LogP contribution is -2.40. The van der Waals surface area contributed by atoms with Gasteiger partial charge < -0.3 is 5.73 Å². The first-order chi connectivity index (χ1) is 7.29. The molecule has 2 rings (SSSR count). The SMILES string of the molecule is NC1CCCCC1S(=O)c1ccccc1. The van der Waals surface area contributed by atoms with E-state index in [4.69, 9.17) is 5.73 Å². The molecule has 2 N–H and O–H groups in total. The fourth-order valence-corrected chi connectivity index (χ4v) is 3.73. The zero-order chi connectivity index (χ0) is 10.7. The van der Waals surface area contributed by atoms with Gasteiger partial charge in [-0.2, -0.15) is 0 Å². The predicted octanol–water partition coefficient (Wildman–Crippen LogP) is 2.06. The molecule has 1 aliphatic rings. The van der Waals surface area contributed by atoms with Crippen molar-refractivity contribution in [3.05, 3.63) is 30.3 Å². The van der Waals surface area contributed by atoms with Crippen molar-refractivity contribution < 1.29 is 4.21 Å². The molecule has 0 saturated heterocycles. The molecule has 0 aromatic heterocycles. The summed E-state index contributed by atoms with van der Waals surface area (Å²) in [5.41, 5.74) is 6.02. The highest BCUT2D eigenvalue weighted by Gasteiger charge is 2.27. The quantitative estimate of drug-likeness (QED) is 0.834. The zero-order valence-corrected chi connectivity index (χ0v) is 9.58. The lowest BCUT2D eigenvalue weighted by molar-refractivity contribution is 0.445. The summed E-state index contributed by atoms with van der Waals surface area (Å²) in [4.78, 5) is 0.917. The summed E-state index contributed by atoms with van der Waals surface area (Å²) in [6.07, 6.45) is 4.37. The maximum absolute atomic E-state index is 12.2. The Labute approximate surface area is 93.3 Å². The molecule has 0 aliphatic heterocycles. The molecule has 15 heavy (non-hydrogen) atoms. The van der Waals surface area contributed by atoms with Gasteiger partial charge in [0.2, 0.25) is 0 Å². The van der Waals surface area contributed by atoms with Gasteiger partial charge in [-0.05, 0) is 25.0 Å². The maximum atomic E-state index is 12.2. The van der Waals surface area contributed by atoms with Crippen LogP contribution in [0.4, 0.5) is 0 Å². The summed E-state index contributed by atoms with van der Waals surface area (Å²) < 4.78 is 12.2. The van der Waals surface area contributed by atoms with E-state index in [0.717, 1.165) is 24.2 Å². The van der Waals surface area contributed by atoms with Crippen molar-refractivity contribution in [2.75, 3.05) is 0 Å². The monoisotopic (exact) mass is 223 g/mol. The van der Waals surface area contributed by atoms with Gasteiger partial charge in [0.05, 0.1) is 16.0 Å². The van der Waals surface area contributed by atoms with E-state index in [1.807, 2.05) is 30.3 Å². The highest BCUT2D eigenvalue weighted by molar-refractivity contribution is 7.85. The molecule has 3 atom stereocenters. The van der Waals surface area contributed by atoms with Gasteiger partial charge in [-0.25, -0.2) is 0 Å². The summed E-state index contributed by atoms with van der Waals surface area (Å²) in [5, 5.41) is 0.154. The molecule has 0 radical (unpaired) electrons. The summed E-state index contributed by atoms with van der Waals surface area (Å²) in [6, 6.07) is 9.78. The Morgan fingerprint density at radius 3 is 2.47 bits per heavy atom. The van der Waals surface area contributed by atoms with Crippen molar-refractivity contribution in [3.63, 3.8) is 0 Å². The van der Waals surface area contributed by atoms with Crippen LogP contribution in [0.2, 0.25) is 0 Å². The number of hydrogen-bond acceptors (Lipinski definition) is 2. The summed E-state index contributed by atoms with van der Waals surface area (Å²) >= 11 is 0. The smallest absolute Gasteiger partial charge is 0.0576 e. The molecule has 1 aromatic carbocycles. The Bertz CT molecular complexity index is 339. The third-order valence-corrected chi connectivity index (χ3v) is 4.88. The third kappa shape index (κ3) is 2.47. The number of rotatable bonds is 2. The molecule has 0 spiro atoms. The maximum Gasteiger partial charge on any atom is 0.0576 e. The Morgan fingerprint density at radius 2 is 1.80 bits per heavy atom. The van der Waals surface area contributed by atoms with E-state index in [1.54, 1.807) is 0 Å². The van der Waals surface area contributed by atoms with E-state index in [0.29, 0.717) is 0 Å².